The molecular formula is C30H41BN2O4. The first-order chi connectivity index (χ1) is 16.9. The molecule has 6 nitrogen and oxygen atoms in total. The van der Waals surface area contributed by atoms with Crippen molar-refractivity contribution in [1.29, 1.82) is 0 Å². The van der Waals surface area contributed by atoms with E-state index in [0.29, 0.717) is 0 Å². The van der Waals surface area contributed by atoms with Crippen LogP contribution >= 0.6 is 0 Å². The minimum atomic E-state index is -1.28. The van der Waals surface area contributed by atoms with Gasteiger partial charge in [0.2, 0.25) is 11.8 Å². The Labute approximate surface area is 222 Å². The lowest BCUT2D eigenvalue weighted by Crippen LogP contribution is -2.72. The van der Waals surface area contributed by atoms with Crippen LogP contribution in [0.1, 0.15) is 74.9 Å². The lowest BCUT2D eigenvalue weighted by molar-refractivity contribution is -0.141. The van der Waals surface area contributed by atoms with Crippen LogP contribution in [0.2, 0.25) is 0 Å². The molecule has 2 aromatic rings. The molecule has 2 saturated heterocycles. The van der Waals surface area contributed by atoms with E-state index in [1.807, 2.05) is 69.2 Å². The van der Waals surface area contributed by atoms with Crippen LogP contribution in [0.5, 0.6) is 0 Å². The molecule has 0 aliphatic carbocycles. The Hall–Kier alpha value is -2.64. The van der Waals surface area contributed by atoms with Gasteiger partial charge in [0, 0.05) is 0 Å². The molecule has 0 radical (unpaired) electrons. The van der Waals surface area contributed by atoms with Crippen molar-refractivity contribution < 1.29 is 18.9 Å². The fourth-order valence-corrected chi connectivity index (χ4v) is 5.88. The van der Waals surface area contributed by atoms with E-state index >= 15 is 0 Å². The number of benzene rings is 2. The Kier molecular flexibility index (Phi) is 6.45. The zero-order chi connectivity index (χ0) is 27.8. The minimum Gasteiger partial charge on any atom is -0.401 e. The second-order valence-corrected chi connectivity index (χ2v) is 12.5. The first kappa shape index (κ1) is 27.4. The van der Waals surface area contributed by atoms with Crippen molar-refractivity contribution in [3.63, 3.8) is 0 Å². The summed E-state index contributed by atoms with van der Waals surface area (Å²) >= 11 is 0. The number of carbonyl (C=O) groups is 2. The average Bonchev–Trinajstić information content (AvgIpc) is 2.94. The van der Waals surface area contributed by atoms with Crippen molar-refractivity contribution in [3.05, 3.63) is 57.6 Å². The van der Waals surface area contributed by atoms with Crippen molar-refractivity contribution in [1.82, 2.24) is 0 Å². The van der Waals surface area contributed by atoms with E-state index in [1.165, 1.54) is 0 Å². The Morgan fingerprint density at radius 2 is 0.919 bits per heavy atom. The summed E-state index contributed by atoms with van der Waals surface area (Å²) in [6, 6.07) is 7.48. The quantitative estimate of drug-likeness (QED) is 0.386. The monoisotopic (exact) mass is 504 g/mol. The molecule has 0 spiro atoms. The second-order valence-electron chi connectivity index (χ2n) is 12.5. The summed E-state index contributed by atoms with van der Waals surface area (Å²) in [5, 5.41) is 0. The largest absolute Gasteiger partial charge is 0.504 e. The molecule has 0 bridgehead atoms. The zero-order valence-electron chi connectivity index (χ0n) is 24.5. The molecule has 0 unspecified atom stereocenters. The smallest absolute Gasteiger partial charge is 0.401 e. The molecule has 0 saturated carbocycles. The van der Waals surface area contributed by atoms with E-state index in [2.05, 4.69) is 24.3 Å². The lowest BCUT2D eigenvalue weighted by Gasteiger charge is -2.50. The lowest BCUT2D eigenvalue weighted by atomic mass is 9.74. The summed E-state index contributed by atoms with van der Waals surface area (Å²) < 4.78 is 13.1. The first-order valence-corrected chi connectivity index (χ1v) is 13.1. The maximum Gasteiger partial charge on any atom is 0.504 e. The molecule has 198 valence electrons. The number of aryl methyl sites for hydroxylation is 6. The minimum absolute atomic E-state index is 0.258. The van der Waals surface area contributed by atoms with E-state index < -0.39 is 29.8 Å². The van der Waals surface area contributed by atoms with Gasteiger partial charge in [-0.2, -0.15) is 0 Å². The van der Waals surface area contributed by atoms with Crippen molar-refractivity contribution in [2.24, 2.45) is 5.41 Å². The number of carbonyl (C=O) groups excluding carboxylic acids is 2. The number of hydrogen-bond acceptors (Lipinski definition) is 4. The van der Waals surface area contributed by atoms with Gasteiger partial charge in [-0.1, -0.05) is 35.4 Å². The van der Waals surface area contributed by atoms with Crippen molar-refractivity contribution in [2.45, 2.75) is 100 Å². The third-order valence-corrected chi connectivity index (χ3v) is 8.30. The van der Waals surface area contributed by atoms with Crippen molar-refractivity contribution in [3.8, 4) is 0 Å². The maximum atomic E-state index is 14.3. The summed E-state index contributed by atoms with van der Waals surface area (Å²) in [6.07, 6.45) is 0. The van der Waals surface area contributed by atoms with E-state index in [0.717, 1.165) is 44.8 Å². The molecule has 4 rings (SSSR count). The molecule has 0 atom stereocenters. The maximum absolute atomic E-state index is 14.3. The van der Waals surface area contributed by atoms with E-state index in [9.17, 15) is 9.59 Å². The highest BCUT2D eigenvalue weighted by Gasteiger charge is 2.63. The molecular weight excluding hydrogens is 463 g/mol. The Balaban J connectivity index is 2.06. The molecule has 2 fully saturated rings. The second kappa shape index (κ2) is 8.70. The Morgan fingerprint density at radius 3 is 1.22 bits per heavy atom. The van der Waals surface area contributed by atoms with Gasteiger partial charge in [0.15, 0.2) is 6.07 Å². The van der Waals surface area contributed by atoms with E-state index in [1.54, 1.807) is 23.6 Å². The van der Waals surface area contributed by atoms with E-state index in [-0.39, 0.29) is 11.8 Å². The SMILES string of the molecule is Cc1cc(C)c(N2C(=O)C(C)(C)C(=O)N(c3c(C)cc(C)cc3C)C2B2OC(C)(C)C(C)(C)O2)c(C)c1. The summed E-state index contributed by atoms with van der Waals surface area (Å²) in [7, 11) is -0.853. The van der Waals surface area contributed by atoms with Gasteiger partial charge in [0.1, 0.15) is 5.41 Å². The van der Waals surface area contributed by atoms with Crippen LogP contribution in [0.3, 0.4) is 0 Å². The van der Waals surface area contributed by atoms with Crippen LogP contribution in [-0.2, 0) is 18.9 Å². The third-order valence-electron chi connectivity index (χ3n) is 8.30. The van der Waals surface area contributed by atoms with Gasteiger partial charge in [0.25, 0.3) is 0 Å². The summed E-state index contributed by atoms with van der Waals surface area (Å²) in [4.78, 5) is 32.2. The molecule has 2 aromatic carbocycles. The topological polar surface area (TPSA) is 59.1 Å². The Morgan fingerprint density at radius 1 is 0.622 bits per heavy atom. The molecule has 0 aromatic heterocycles. The number of amides is 2. The van der Waals surface area contributed by atoms with Gasteiger partial charge >= 0.3 is 7.12 Å². The number of hydrogen-bond donors (Lipinski definition) is 0. The highest BCUT2D eigenvalue weighted by atomic mass is 16.7. The van der Waals surface area contributed by atoms with Crippen LogP contribution in [0, 0.1) is 47.0 Å². The van der Waals surface area contributed by atoms with Crippen LogP contribution in [-0.4, -0.2) is 36.2 Å². The predicted octanol–water partition coefficient (Wildman–Crippen LogP) is 5.90. The van der Waals surface area contributed by atoms with Crippen LogP contribution in [0.4, 0.5) is 11.4 Å². The number of rotatable bonds is 3. The van der Waals surface area contributed by atoms with Crippen molar-refractivity contribution >= 4 is 30.3 Å². The third kappa shape index (κ3) is 4.20. The fraction of sp³-hybridized carbons (Fsp3) is 0.533. The molecule has 37 heavy (non-hydrogen) atoms. The normalized spacial score (nSPS) is 21.2. The zero-order valence-corrected chi connectivity index (χ0v) is 24.5. The van der Waals surface area contributed by atoms with Gasteiger partial charge < -0.3 is 9.31 Å². The highest BCUT2D eigenvalue weighted by molar-refractivity contribution is 6.52. The van der Waals surface area contributed by atoms with Gasteiger partial charge in [-0.05, 0) is 105 Å². The predicted molar refractivity (Wildman–Crippen MR) is 150 cm³/mol. The number of nitrogens with zero attached hydrogens (tertiary/aromatic N) is 2. The highest BCUT2D eigenvalue weighted by Crippen LogP contribution is 2.46. The van der Waals surface area contributed by atoms with Gasteiger partial charge in [0.05, 0.1) is 22.6 Å². The van der Waals surface area contributed by atoms with E-state index in [4.69, 9.17) is 9.31 Å². The van der Waals surface area contributed by atoms with Gasteiger partial charge in [-0.15, -0.1) is 0 Å². The summed E-state index contributed by atoms with van der Waals surface area (Å²) in [6.45, 7) is 23.5. The molecule has 2 amide bonds. The molecule has 7 heteroatoms. The molecule has 2 aliphatic heterocycles. The average molecular weight is 504 g/mol. The fourth-order valence-electron chi connectivity index (χ4n) is 5.88. The van der Waals surface area contributed by atoms with Crippen molar-refractivity contribution in [2.75, 3.05) is 9.80 Å². The van der Waals surface area contributed by atoms with Crippen LogP contribution < -0.4 is 9.80 Å². The first-order valence-electron chi connectivity index (χ1n) is 13.1. The number of anilines is 2. The molecule has 2 aliphatic rings. The van der Waals surface area contributed by atoms with Crippen LogP contribution in [0.25, 0.3) is 0 Å². The summed E-state index contributed by atoms with van der Waals surface area (Å²) in [5.41, 5.74) is 5.14. The van der Waals surface area contributed by atoms with Gasteiger partial charge in [-0.3, -0.25) is 19.4 Å². The van der Waals surface area contributed by atoms with Crippen LogP contribution in [0.15, 0.2) is 24.3 Å². The summed E-state index contributed by atoms with van der Waals surface area (Å²) in [5.74, 6) is -0.517. The standard InChI is InChI=1S/C30H41BN2O4/c1-17-13-19(3)23(20(4)14-17)32-25(34)28(7,8)26(35)33(24-21(5)15-18(2)16-22(24)6)27(32)31-36-29(9,10)30(11,12)37-31/h13-16,27H,1-12H3. The Bertz CT molecular complexity index is 1150. The molecule has 0 N–H and O–H groups in total. The molecule has 2 heterocycles. The van der Waals surface area contributed by atoms with Gasteiger partial charge in [-0.25, -0.2) is 0 Å².